The first-order valence-electron chi connectivity index (χ1n) is 21.2. The van der Waals surface area contributed by atoms with Crippen molar-refractivity contribution in [3.8, 4) is 34.1 Å². The number of benzene rings is 7. The van der Waals surface area contributed by atoms with Gasteiger partial charge in [0.15, 0.2) is 0 Å². The molecule has 0 aromatic heterocycles. The van der Waals surface area contributed by atoms with E-state index < -0.39 is 28.9 Å². The summed E-state index contributed by atoms with van der Waals surface area (Å²) in [5.74, 6) is 0.858. The number of hydrogen-bond donors (Lipinski definition) is 1. The largest absolute Gasteiger partial charge is 0.490 e. The highest BCUT2D eigenvalue weighted by atomic mass is 16.6. The lowest BCUT2D eigenvalue weighted by Gasteiger charge is -2.50. The van der Waals surface area contributed by atoms with Crippen molar-refractivity contribution in [2.45, 2.75) is 23.4 Å². The van der Waals surface area contributed by atoms with E-state index in [1.54, 1.807) is 0 Å². The summed E-state index contributed by atoms with van der Waals surface area (Å²) in [6.07, 6.45) is 1.54. The second kappa shape index (κ2) is 16.5. The summed E-state index contributed by atoms with van der Waals surface area (Å²) < 4.78 is 29.2. The summed E-state index contributed by atoms with van der Waals surface area (Å²) in [4.78, 5) is 25.4. The van der Waals surface area contributed by atoms with Crippen LogP contribution in [0.4, 0.5) is 0 Å². The van der Waals surface area contributed by atoms with Crippen LogP contribution in [0.3, 0.4) is 0 Å². The van der Waals surface area contributed by atoms with Crippen molar-refractivity contribution in [1.82, 2.24) is 0 Å². The van der Waals surface area contributed by atoms with Crippen LogP contribution in [0.25, 0.3) is 11.1 Å². The number of rotatable bonds is 14. The molecule has 8 heteroatoms. The third kappa shape index (κ3) is 6.84. The van der Waals surface area contributed by atoms with Crippen LogP contribution in [-0.2, 0) is 30.1 Å². The highest BCUT2D eigenvalue weighted by Crippen LogP contribution is 2.59. The lowest BCUT2D eigenvalue weighted by atomic mass is 9.56. The second-order valence-electron chi connectivity index (χ2n) is 16.0. The zero-order valence-electron chi connectivity index (χ0n) is 34.4. The SMILES string of the molecule is C=CC(=O)OCCOc1ccc(C2(c3ccc(OCCOC(=O)C4CC5c6ccccc6C4(O)c4ccc(Oc6ccccc6)cc45)cc3)c3ccccc3-c3ccccc32)cc1. The van der Waals surface area contributed by atoms with Gasteiger partial charge in [-0.2, -0.15) is 0 Å². The van der Waals surface area contributed by atoms with E-state index in [-0.39, 0.29) is 32.3 Å². The Labute approximate surface area is 365 Å². The number of esters is 2. The van der Waals surface area contributed by atoms with E-state index in [1.807, 2.05) is 97.1 Å². The zero-order chi connectivity index (χ0) is 43.0. The molecule has 0 amide bonds. The van der Waals surface area contributed by atoms with Crippen molar-refractivity contribution in [3.05, 3.63) is 227 Å². The van der Waals surface area contributed by atoms with Crippen LogP contribution in [0.5, 0.6) is 23.0 Å². The molecule has 0 saturated heterocycles. The molecule has 7 aromatic rings. The fourth-order valence-electron chi connectivity index (χ4n) is 10.0. The molecule has 0 aliphatic heterocycles. The molecule has 0 saturated carbocycles. The third-order valence-electron chi connectivity index (χ3n) is 12.7. The van der Waals surface area contributed by atoms with Crippen molar-refractivity contribution in [2.75, 3.05) is 26.4 Å². The lowest BCUT2D eigenvalue weighted by molar-refractivity contribution is -0.160. The standard InChI is InChI=1S/C55H44O8/c1-2-52(56)61-32-30-59-38-24-20-36(21-25-38)54(47-17-9-6-14-42(47)43-15-7-10-18-48(43)54)37-22-26-39(27-23-37)60-31-33-62-53(57)51-35-45-44-16-8-11-19-49(44)55(51,58)50-29-28-41(34-46(45)50)63-40-12-4-3-5-13-40/h2-29,34,45,51,58H,1,30-33,35H2. The molecule has 312 valence electrons. The molecule has 3 unspecified atom stereocenters. The quantitative estimate of drug-likeness (QED) is 0.0657. The molecule has 2 bridgehead atoms. The van der Waals surface area contributed by atoms with E-state index >= 15 is 0 Å². The normalized spacial score (nSPS) is 18.2. The summed E-state index contributed by atoms with van der Waals surface area (Å²) in [6.45, 7) is 3.93. The zero-order valence-corrected chi connectivity index (χ0v) is 34.4. The van der Waals surface area contributed by atoms with Gasteiger partial charge >= 0.3 is 11.9 Å². The molecule has 4 aliphatic rings. The molecule has 63 heavy (non-hydrogen) atoms. The van der Waals surface area contributed by atoms with E-state index in [1.165, 1.54) is 22.3 Å². The fourth-order valence-corrected chi connectivity index (χ4v) is 10.0. The summed E-state index contributed by atoms with van der Waals surface area (Å²) in [5.41, 5.74) is 8.03. The Bertz CT molecular complexity index is 2790. The maximum absolute atomic E-state index is 13.9. The fraction of sp³-hybridized carbons (Fsp3) is 0.164. The van der Waals surface area contributed by atoms with Crippen LogP contribution in [0.15, 0.2) is 183 Å². The minimum atomic E-state index is -1.55. The van der Waals surface area contributed by atoms with Crippen molar-refractivity contribution in [1.29, 1.82) is 0 Å². The Morgan fingerprint density at radius 1 is 0.556 bits per heavy atom. The summed E-state index contributed by atoms with van der Waals surface area (Å²) in [5, 5.41) is 12.6. The van der Waals surface area contributed by atoms with Crippen molar-refractivity contribution in [2.24, 2.45) is 5.92 Å². The molecule has 3 atom stereocenters. The minimum Gasteiger partial charge on any atom is -0.490 e. The molecular formula is C55H44O8. The molecule has 0 fully saturated rings. The highest BCUT2D eigenvalue weighted by molar-refractivity contribution is 5.86. The Hall–Kier alpha value is -7.42. The third-order valence-corrected chi connectivity index (χ3v) is 12.7. The lowest BCUT2D eigenvalue weighted by Crippen LogP contribution is -2.50. The maximum Gasteiger partial charge on any atom is 0.330 e. The van der Waals surface area contributed by atoms with Gasteiger partial charge in [0.05, 0.1) is 11.3 Å². The molecule has 0 radical (unpaired) electrons. The summed E-state index contributed by atoms with van der Waals surface area (Å²) >= 11 is 0. The molecule has 0 heterocycles. The smallest absolute Gasteiger partial charge is 0.330 e. The van der Waals surface area contributed by atoms with Gasteiger partial charge in [-0.15, -0.1) is 0 Å². The Balaban J connectivity index is 0.852. The number of hydrogen-bond acceptors (Lipinski definition) is 8. The van der Waals surface area contributed by atoms with Gasteiger partial charge in [0.2, 0.25) is 0 Å². The average Bonchev–Trinajstić information content (AvgIpc) is 3.63. The molecular weight excluding hydrogens is 789 g/mol. The second-order valence-corrected chi connectivity index (χ2v) is 16.0. The summed E-state index contributed by atoms with van der Waals surface area (Å²) in [6, 6.07) is 56.3. The number of fused-ring (bicyclic) bond motifs is 4. The van der Waals surface area contributed by atoms with Crippen LogP contribution in [0, 0.1) is 5.92 Å². The van der Waals surface area contributed by atoms with Crippen molar-refractivity contribution in [3.63, 3.8) is 0 Å². The molecule has 0 spiro atoms. The Kier molecular flexibility index (Phi) is 10.4. The van der Waals surface area contributed by atoms with E-state index in [2.05, 4.69) is 79.4 Å². The Morgan fingerprint density at radius 2 is 1.08 bits per heavy atom. The van der Waals surface area contributed by atoms with Gasteiger partial charge in [0, 0.05) is 12.0 Å². The number of carbonyl (C=O) groups is 2. The summed E-state index contributed by atoms with van der Waals surface area (Å²) in [7, 11) is 0. The van der Waals surface area contributed by atoms with Crippen LogP contribution in [0.2, 0.25) is 0 Å². The predicted octanol–water partition coefficient (Wildman–Crippen LogP) is 10.3. The van der Waals surface area contributed by atoms with Gasteiger partial charge in [-0.05, 0) is 111 Å². The van der Waals surface area contributed by atoms with Crippen molar-refractivity contribution >= 4 is 11.9 Å². The van der Waals surface area contributed by atoms with Crippen LogP contribution < -0.4 is 14.2 Å². The first kappa shape index (κ1) is 39.7. The number of carbonyl (C=O) groups excluding carboxylic acids is 2. The van der Waals surface area contributed by atoms with Crippen LogP contribution >= 0.6 is 0 Å². The predicted molar refractivity (Wildman–Crippen MR) is 239 cm³/mol. The first-order valence-corrected chi connectivity index (χ1v) is 21.2. The van der Waals surface area contributed by atoms with Gasteiger partial charge < -0.3 is 28.8 Å². The van der Waals surface area contributed by atoms with Crippen LogP contribution in [0.1, 0.15) is 56.8 Å². The number of para-hydroxylation sites is 1. The average molecular weight is 833 g/mol. The molecule has 7 aromatic carbocycles. The maximum atomic E-state index is 13.9. The van der Waals surface area contributed by atoms with Crippen LogP contribution in [-0.4, -0.2) is 43.5 Å². The van der Waals surface area contributed by atoms with E-state index in [0.29, 0.717) is 29.2 Å². The monoisotopic (exact) mass is 832 g/mol. The molecule has 1 N–H and O–H groups in total. The topological polar surface area (TPSA) is 101 Å². The minimum absolute atomic E-state index is 0.0198. The van der Waals surface area contributed by atoms with E-state index in [9.17, 15) is 14.7 Å². The van der Waals surface area contributed by atoms with Gasteiger partial charge in [-0.1, -0.05) is 128 Å². The first-order chi connectivity index (χ1) is 30.9. The van der Waals surface area contributed by atoms with E-state index in [0.717, 1.165) is 39.6 Å². The van der Waals surface area contributed by atoms with Gasteiger partial charge in [0.1, 0.15) is 55.0 Å². The van der Waals surface area contributed by atoms with Gasteiger partial charge in [0.25, 0.3) is 0 Å². The Morgan fingerprint density at radius 3 is 1.70 bits per heavy atom. The molecule has 4 aliphatic carbocycles. The number of aliphatic hydroxyl groups is 1. The van der Waals surface area contributed by atoms with Crippen molar-refractivity contribution < 1.29 is 38.4 Å². The van der Waals surface area contributed by atoms with Gasteiger partial charge in [-0.3, -0.25) is 4.79 Å². The van der Waals surface area contributed by atoms with E-state index in [4.69, 9.17) is 23.7 Å². The van der Waals surface area contributed by atoms with Gasteiger partial charge in [-0.25, -0.2) is 4.79 Å². The number of ether oxygens (including phenoxy) is 5. The molecule has 8 nitrogen and oxygen atoms in total. The highest BCUT2D eigenvalue weighted by Gasteiger charge is 2.57. The molecule has 11 rings (SSSR count).